The van der Waals surface area contributed by atoms with Gasteiger partial charge in [-0.25, -0.2) is 4.79 Å². The fourth-order valence-corrected chi connectivity index (χ4v) is 0.980. The van der Waals surface area contributed by atoms with Crippen LogP contribution in [0.4, 0.5) is 0 Å². The maximum absolute atomic E-state index is 11.1. The maximum Gasteiger partial charge on any atom is 0.342 e. The number of phenols is 1. The van der Waals surface area contributed by atoms with E-state index in [9.17, 15) is 14.7 Å². The van der Waals surface area contributed by atoms with Gasteiger partial charge in [-0.1, -0.05) is 12.1 Å². The van der Waals surface area contributed by atoms with Crippen molar-refractivity contribution in [2.24, 2.45) is 0 Å². The second kappa shape index (κ2) is 3.71. The molecule has 0 aliphatic carbocycles. The van der Waals surface area contributed by atoms with Crippen LogP contribution in [-0.4, -0.2) is 24.5 Å². The molecule has 0 spiro atoms. The average molecular weight is 180 g/mol. The molecule has 0 radical (unpaired) electrons. The van der Waals surface area contributed by atoms with Gasteiger partial charge in [0.25, 0.3) is 0 Å². The van der Waals surface area contributed by atoms with Crippen LogP contribution in [0.15, 0.2) is 18.2 Å². The summed E-state index contributed by atoms with van der Waals surface area (Å²) in [5, 5.41) is 9.26. The molecule has 0 atom stereocenters. The molecule has 0 fully saturated rings. The van der Waals surface area contributed by atoms with Crippen LogP contribution in [0.3, 0.4) is 0 Å². The van der Waals surface area contributed by atoms with Crippen molar-refractivity contribution >= 4 is 12.3 Å². The van der Waals surface area contributed by atoms with E-state index in [1.807, 2.05) is 0 Å². The molecule has 1 aromatic carbocycles. The first kappa shape index (κ1) is 9.25. The van der Waals surface area contributed by atoms with Crippen LogP contribution < -0.4 is 0 Å². The zero-order chi connectivity index (χ0) is 9.84. The Balaban J connectivity index is 3.30. The van der Waals surface area contributed by atoms with Gasteiger partial charge in [0.15, 0.2) is 6.29 Å². The normalized spacial score (nSPS) is 9.31. The molecule has 0 aliphatic rings. The summed E-state index contributed by atoms with van der Waals surface area (Å²) in [6.07, 6.45) is 0.492. The molecule has 13 heavy (non-hydrogen) atoms. The predicted molar refractivity (Wildman–Crippen MR) is 44.8 cm³/mol. The summed E-state index contributed by atoms with van der Waals surface area (Å²) < 4.78 is 4.40. The van der Waals surface area contributed by atoms with Gasteiger partial charge in [0.05, 0.1) is 7.11 Å². The highest BCUT2D eigenvalue weighted by Gasteiger charge is 2.15. The van der Waals surface area contributed by atoms with Crippen molar-refractivity contribution in [3.63, 3.8) is 0 Å². The number of aromatic hydroxyl groups is 1. The second-order valence-electron chi connectivity index (χ2n) is 2.35. The van der Waals surface area contributed by atoms with Gasteiger partial charge in [-0.2, -0.15) is 0 Å². The fraction of sp³-hybridized carbons (Fsp3) is 0.111. The minimum Gasteiger partial charge on any atom is -0.507 e. The third kappa shape index (κ3) is 1.66. The van der Waals surface area contributed by atoms with Gasteiger partial charge in [0, 0.05) is 5.56 Å². The number of benzene rings is 1. The third-order valence-corrected chi connectivity index (χ3v) is 1.59. The number of phenolic OH excluding ortho intramolecular Hbond substituents is 1. The average Bonchev–Trinajstić information content (AvgIpc) is 2.16. The minimum absolute atomic E-state index is 0.0972. The number of carbonyl (C=O) groups is 2. The van der Waals surface area contributed by atoms with E-state index in [0.29, 0.717) is 6.29 Å². The van der Waals surface area contributed by atoms with E-state index in [-0.39, 0.29) is 16.9 Å². The summed E-state index contributed by atoms with van der Waals surface area (Å²) in [6, 6.07) is 4.23. The van der Waals surface area contributed by atoms with Crippen LogP contribution >= 0.6 is 0 Å². The smallest absolute Gasteiger partial charge is 0.342 e. The summed E-state index contributed by atoms with van der Waals surface area (Å²) in [5.41, 5.74) is 0.0202. The Morgan fingerprint density at radius 2 is 2.23 bits per heavy atom. The molecule has 0 aliphatic heterocycles. The van der Waals surface area contributed by atoms with Crippen molar-refractivity contribution in [3.8, 4) is 5.75 Å². The number of hydrogen-bond acceptors (Lipinski definition) is 4. The summed E-state index contributed by atoms with van der Waals surface area (Å²) in [4.78, 5) is 21.6. The van der Waals surface area contributed by atoms with E-state index in [2.05, 4.69) is 4.74 Å². The molecule has 0 bridgehead atoms. The van der Waals surface area contributed by atoms with E-state index >= 15 is 0 Å². The summed E-state index contributed by atoms with van der Waals surface area (Å²) in [7, 11) is 1.18. The molecule has 0 aromatic heterocycles. The number of methoxy groups -OCH3 is 1. The third-order valence-electron chi connectivity index (χ3n) is 1.59. The minimum atomic E-state index is -0.722. The summed E-state index contributed by atoms with van der Waals surface area (Å²) in [5.74, 6) is -0.975. The number of ether oxygens (including phenoxy) is 1. The Morgan fingerprint density at radius 3 is 2.77 bits per heavy atom. The van der Waals surface area contributed by atoms with Crippen molar-refractivity contribution in [2.75, 3.05) is 7.11 Å². The Labute approximate surface area is 74.8 Å². The van der Waals surface area contributed by atoms with Gasteiger partial charge in [-0.15, -0.1) is 0 Å². The molecular weight excluding hydrogens is 172 g/mol. The van der Waals surface area contributed by atoms with Crippen LogP contribution in [0.25, 0.3) is 0 Å². The van der Waals surface area contributed by atoms with Crippen molar-refractivity contribution in [2.45, 2.75) is 0 Å². The van der Waals surface area contributed by atoms with E-state index in [4.69, 9.17) is 0 Å². The molecule has 4 nitrogen and oxygen atoms in total. The monoisotopic (exact) mass is 180 g/mol. The van der Waals surface area contributed by atoms with Gasteiger partial charge in [-0.05, 0) is 6.07 Å². The number of aldehydes is 1. The number of hydrogen-bond donors (Lipinski definition) is 1. The zero-order valence-electron chi connectivity index (χ0n) is 6.98. The van der Waals surface area contributed by atoms with Crippen molar-refractivity contribution in [1.29, 1.82) is 0 Å². The lowest BCUT2D eigenvalue weighted by molar-refractivity contribution is 0.0595. The lowest BCUT2D eigenvalue weighted by Crippen LogP contribution is -2.05. The topological polar surface area (TPSA) is 63.6 Å². The highest BCUT2D eigenvalue weighted by molar-refractivity contribution is 6.00. The lowest BCUT2D eigenvalue weighted by Gasteiger charge is -2.03. The van der Waals surface area contributed by atoms with E-state index in [1.54, 1.807) is 0 Å². The first-order chi connectivity index (χ1) is 6.20. The summed E-state index contributed by atoms with van der Waals surface area (Å²) in [6.45, 7) is 0. The predicted octanol–water partition coefficient (Wildman–Crippen LogP) is 0.991. The molecule has 1 rings (SSSR count). The highest BCUT2D eigenvalue weighted by atomic mass is 16.5. The first-order valence-corrected chi connectivity index (χ1v) is 3.56. The van der Waals surface area contributed by atoms with Gasteiger partial charge in [0.2, 0.25) is 0 Å². The molecule has 0 unspecified atom stereocenters. The molecule has 68 valence electrons. The van der Waals surface area contributed by atoms with Crippen LogP contribution in [0.5, 0.6) is 5.75 Å². The van der Waals surface area contributed by atoms with Crippen LogP contribution in [0.1, 0.15) is 20.7 Å². The quantitative estimate of drug-likeness (QED) is 0.544. The molecule has 4 heteroatoms. The van der Waals surface area contributed by atoms with Gasteiger partial charge in [0.1, 0.15) is 11.3 Å². The fourth-order valence-electron chi connectivity index (χ4n) is 0.980. The molecule has 0 heterocycles. The lowest BCUT2D eigenvalue weighted by atomic mass is 10.1. The molecule has 1 N–H and O–H groups in total. The van der Waals surface area contributed by atoms with Crippen LogP contribution in [-0.2, 0) is 4.74 Å². The number of esters is 1. The Hall–Kier alpha value is -1.84. The SMILES string of the molecule is COC(=O)c1c(O)cccc1C=O. The van der Waals surface area contributed by atoms with Crippen molar-refractivity contribution in [1.82, 2.24) is 0 Å². The van der Waals surface area contributed by atoms with Gasteiger partial charge in [-0.3, -0.25) is 4.79 Å². The number of carbonyl (C=O) groups excluding carboxylic acids is 2. The first-order valence-electron chi connectivity index (χ1n) is 3.56. The Morgan fingerprint density at radius 1 is 1.54 bits per heavy atom. The number of rotatable bonds is 2. The van der Waals surface area contributed by atoms with Crippen molar-refractivity contribution in [3.05, 3.63) is 29.3 Å². The second-order valence-corrected chi connectivity index (χ2v) is 2.35. The van der Waals surface area contributed by atoms with E-state index in [0.717, 1.165) is 0 Å². The van der Waals surface area contributed by atoms with E-state index in [1.165, 1.54) is 25.3 Å². The molecule has 1 aromatic rings. The highest BCUT2D eigenvalue weighted by Crippen LogP contribution is 2.20. The van der Waals surface area contributed by atoms with E-state index < -0.39 is 5.97 Å². The summed E-state index contributed by atoms with van der Waals surface area (Å²) >= 11 is 0. The Kier molecular flexibility index (Phi) is 2.64. The van der Waals surface area contributed by atoms with Crippen molar-refractivity contribution < 1.29 is 19.4 Å². The largest absolute Gasteiger partial charge is 0.507 e. The molecule has 0 saturated carbocycles. The molecular formula is C9H8O4. The van der Waals surface area contributed by atoms with Crippen LogP contribution in [0.2, 0.25) is 0 Å². The maximum atomic E-state index is 11.1. The Bertz CT molecular complexity index is 343. The van der Waals surface area contributed by atoms with Gasteiger partial charge < -0.3 is 9.84 Å². The molecule has 0 amide bonds. The van der Waals surface area contributed by atoms with Crippen LogP contribution in [0, 0.1) is 0 Å². The molecule has 0 saturated heterocycles. The zero-order valence-corrected chi connectivity index (χ0v) is 6.98. The van der Waals surface area contributed by atoms with Gasteiger partial charge >= 0.3 is 5.97 Å². The standard InChI is InChI=1S/C9H8O4/c1-13-9(12)8-6(5-10)3-2-4-7(8)11/h2-5,11H,1H3.